The molecule has 0 aliphatic carbocycles. The Morgan fingerprint density at radius 1 is 1.38 bits per heavy atom. The summed E-state index contributed by atoms with van der Waals surface area (Å²) in [7, 11) is -3.99. The Morgan fingerprint density at radius 3 is 2.62 bits per heavy atom. The molecule has 0 atom stereocenters. The lowest BCUT2D eigenvalue weighted by molar-refractivity contribution is -0.653. The minimum Gasteiger partial charge on any atom is -0.870 e. The lowest BCUT2D eigenvalue weighted by Crippen LogP contribution is -2.38. The minimum atomic E-state index is -3.99. The molecular formula is C9H11NO4S2. The van der Waals surface area contributed by atoms with Gasteiger partial charge in [0.05, 0.1) is 0 Å². The molecule has 0 radical (unpaired) electrons. The van der Waals surface area contributed by atoms with Crippen LogP contribution in [0.4, 0.5) is 0 Å². The Balaban J connectivity index is 0.00000128. The molecule has 16 heavy (non-hydrogen) atoms. The van der Waals surface area contributed by atoms with Crippen molar-refractivity contribution in [1.82, 2.24) is 0 Å². The fraction of sp³-hybridized carbons (Fsp3) is 0.222. The molecule has 0 aliphatic rings. The van der Waals surface area contributed by atoms with Crippen LogP contribution >= 0.6 is 11.3 Å². The van der Waals surface area contributed by atoms with E-state index in [2.05, 4.69) is 0 Å². The standard InChI is InChI=1S/C9H9NO3S2.H2O/c1-7-10(6-15(11,12)13)8-4-2-3-5-9(8)14-7;/h2-5H,6H2,1H3;1H2. The number of rotatable bonds is 2. The van der Waals surface area contributed by atoms with Crippen LogP contribution in [-0.2, 0) is 16.0 Å². The van der Waals surface area contributed by atoms with Gasteiger partial charge in [-0.3, -0.25) is 4.55 Å². The summed E-state index contributed by atoms with van der Waals surface area (Å²) in [6.45, 7) is 1.83. The highest BCUT2D eigenvalue weighted by Gasteiger charge is 2.21. The molecule has 0 unspecified atom stereocenters. The first kappa shape index (κ1) is 13.0. The minimum absolute atomic E-state index is 0. The zero-order chi connectivity index (χ0) is 11.1. The summed E-state index contributed by atoms with van der Waals surface area (Å²) in [6.07, 6.45) is 0. The molecule has 0 fully saturated rings. The monoisotopic (exact) mass is 261 g/mol. The first-order valence-electron chi connectivity index (χ1n) is 4.30. The van der Waals surface area contributed by atoms with Crippen LogP contribution in [0.3, 0.4) is 0 Å². The van der Waals surface area contributed by atoms with Crippen molar-refractivity contribution in [2.24, 2.45) is 0 Å². The number of para-hydroxylation sites is 1. The number of hydrogen-bond acceptors (Lipinski definition) is 4. The molecular weight excluding hydrogens is 250 g/mol. The zero-order valence-corrected chi connectivity index (χ0v) is 10.1. The van der Waals surface area contributed by atoms with E-state index in [-0.39, 0.29) is 11.4 Å². The Kier molecular flexibility index (Phi) is 3.64. The van der Waals surface area contributed by atoms with Crippen molar-refractivity contribution in [3.8, 4) is 0 Å². The molecule has 0 spiro atoms. The van der Waals surface area contributed by atoms with Crippen molar-refractivity contribution < 1.29 is 23.0 Å². The number of fused-ring (bicyclic) bond motifs is 1. The van der Waals surface area contributed by atoms with Gasteiger partial charge < -0.3 is 5.48 Å². The maximum atomic E-state index is 10.8. The number of nitrogens with zero attached hydrogens (tertiary/aromatic N) is 1. The summed E-state index contributed by atoms with van der Waals surface area (Å²) in [6, 6.07) is 7.50. The molecule has 0 bridgehead atoms. The number of hydrogen-bond donors (Lipinski definition) is 1. The van der Waals surface area contributed by atoms with Gasteiger partial charge in [0.15, 0.2) is 0 Å². The Morgan fingerprint density at radius 2 is 2.00 bits per heavy atom. The van der Waals surface area contributed by atoms with Crippen molar-refractivity contribution in [3.63, 3.8) is 0 Å². The van der Waals surface area contributed by atoms with Crippen LogP contribution in [0.25, 0.3) is 10.2 Å². The summed E-state index contributed by atoms with van der Waals surface area (Å²) < 4.78 is 33.1. The van der Waals surface area contributed by atoms with Crippen molar-refractivity contribution >= 4 is 31.7 Å². The fourth-order valence-corrected chi connectivity index (χ4v) is 3.24. The van der Waals surface area contributed by atoms with Crippen LogP contribution in [0.1, 0.15) is 5.01 Å². The van der Waals surface area contributed by atoms with E-state index in [0.717, 1.165) is 15.2 Å². The first-order chi connectivity index (χ1) is 6.97. The number of aryl methyl sites for hydroxylation is 1. The molecule has 5 nitrogen and oxygen atoms in total. The highest BCUT2D eigenvalue weighted by atomic mass is 32.2. The second kappa shape index (κ2) is 4.46. The van der Waals surface area contributed by atoms with Crippen molar-refractivity contribution in [2.75, 3.05) is 0 Å². The van der Waals surface area contributed by atoms with Crippen LogP contribution < -0.4 is 4.57 Å². The molecule has 1 aromatic carbocycles. The van der Waals surface area contributed by atoms with E-state index in [4.69, 9.17) is 4.55 Å². The average molecular weight is 261 g/mol. The maximum Gasteiger partial charge on any atom is 0.326 e. The number of thiazole rings is 1. The molecule has 2 rings (SSSR count). The highest BCUT2D eigenvalue weighted by molar-refractivity contribution is 7.84. The molecule has 1 heterocycles. The van der Waals surface area contributed by atoms with Crippen molar-refractivity contribution in [2.45, 2.75) is 12.8 Å². The van der Waals surface area contributed by atoms with Gasteiger partial charge in [-0.05, 0) is 6.07 Å². The summed E-state index contributed by atoms with van der Waals surface area (Å²) in [4.78, 5) is 0. The van der Waals surface area contributed by atoms with E-state index in [1.165, 1.54) is 11.3 Å². The van der Waals surface area contributed by atoms with Gasteiger partial charge in [0.2, 0.25) is 10.5 Å². The van der Waals surface area contributed by atoms with Gasteiger partial charge in [-0.1, -0.05) is 23.5 Å². The summed E-state index contributed by atoms with van der Waals surface area (Å²) >= 11 is 1.51. The first-order valence-corrected chi connectivity index (χ1v) is 6.73. The predicted molar refractivity (Wildman–Crippen MR) is 60.2 cm³/mol. The Labute approximate surface area is 97.0 Å². The topological polar surface area (TPSA) is 88.2 Å². The third kappa shape index (κ3) is 2.56. The van der Waals surface area contributed by atoms with Crippen molar-refractivity contribution in [3.05, 3.63) is 29.3 Å². The molecule has 7 heteroatoms. The van der Waals surface area contributed by atoms with Gasteiger partial charge in [-0.2, -0.15) is 13.0 Å². The smallest absolute Gasteiger partial charge is 0.326 e. The molecule has 2 N–H and O–H groups in total. The molecule has 1 aromatic heterocycles. The van der Waals surface area contributed by atoms with E-state index < -0.39 is 10.1 Å². The number of aromatic nitrogens is 1. The summed E-state index contributed by atoms with van der Waals surface area (Å²) in [5.41, 5.74) is 0.831. The molecule has 0 aliphatic heterocycles. The maximum absolute atomic E-state index is 10.8. The van der Waals surface area contributed by atoms with E-state index in [9.17, 15) is 8.42 Å². The van der Waals surface area contributed by atoms with Gasteiger partial charge in [0.25, 0.3) is 5.88 Å². The normalized spacial score (nSPS) is 11.4. The molecule has 88 valence electrons. The predicted octanol–water partition coefficient (Wildman–Crippen LogP) is 1.17. The van der Waals surface area contributed by atoms with E-state index in [1.54, 1.807) is 4.57 Å². The molecule has 2 aromatic rings. The average Bonchev–Trinajstić information content (AvgIpc) is 2.41. The zero-order valence-electron chi connectivity index (χ0n) is 8.49. The summed E-state index contributed by atoms with van der Waals surface area (Å²) in [5, 5.41) is 0.855. The lowest BCUT2D eigenvalue weighted by atomic mass is 10.3. The van der Waals surface area contributed by atoms with Crippen LogP contribution in [-0.4, -0.2) is 18.4 Å². The second-order valence-electron chi connectivity index (χ2n) is 3.23. The van der Waals surface area contributed by atoms with Crippen LogP contribution in [0, 0.1) is 6.92 Å². The SMILES string of the molecule is Cc1sc2ccccc2[n+]1CS(=O)(=O)O.[OH-]. The van der Waals surface area contributed by atoms with E-state index in [1.807, 2.05) is 31.2 Å². The fourth-order valence-electron chi connectivity index (χ4n) is 1.47. The van der Waals surface area contributed by atoms with Gasteiger partial charge in [-0.15, -0.1) is 0 Å². The van der Waals surface area contributed by atoms with Crippen LogP contribution in [0.15, 0.2) is 24.3 Å². The second-order valence-corrected chi connectivity index (χ2v) is 5.88. The lowest BCUT2D eigenvalue weighted by Gasteiger charge is -1.93. The Hall–Kier alpha value is -1.02. The quantitative estimate of drug-likeness (QED) is 0.649. The largest absolute Gasteiger partial charge is 0.870 e. The number of benzene rings is 1. The molecule has 0 amide bonds. The third-order valence-corrected chi connectivity index (χ3v) is 3.75. The van der Waals surface area contributed by atoms with Gasteiger partial charge in [0.1, 0.15) is 4.70 Å². The van der Waals surface area contributed by atoms with Crippen LogP contribution in [0.5, 0.6) is 0 Å². The molecule has 0 saturated carbocycles. The molecule has 0 saturated heterocycles. The van der Waals surface area contributed by atoms with Crippen molar-refractivity contribution in [1.29, 1.82) is 0 Å². The third-order valence-electron chi connectivity index (χ3n) is 2.09. The Bertz CT molecular complexity index is 603. The highest BCUT2D eigenvalue weighted by Crippen LogP contribution is 2.19. The van der Waals surface area contributed by atoms with Gasteiger partial charge >= 0.3 is 10.1 Å². The van der Waals surface area contributed by atoms with E-state index in [0.29, 0.717) is 0 Å². The van der Waals surface area contributed by atoms with Gasteiger partial charge in [0, 0.05) is 13.0 Å². The summed E-state index contributed by atoms with van der Waals surface area (Å²) in [5.74, 6) is -0.386. The van der Waals surface area contributed by atoms with Gasteiger partial charge in [-0.25, -0.2) is 0 Å². The van der Waals surface area contributed by atoms with Crippen LogP contribution in [0.2, 0.25) is 0 Å². The van der Waals surface area contributed by atoms with E-state index >= 15 is 0 Å².